The molecule has 0 spiro atoms. The fourth-order valence-corrected chi connectivity index (χ4v) is 3.15. The van der Waals surface area contributed by atoms with Crippen molar-refractivity contribution >= 4 is 5.69 Å². The van der Waals surface area contributed by atoms with Crippen LogP contribution in [0.15, 0.2) is 24.3 Å². The molecule has 0 N–H and O–H groups in total. The summed E-state index contributed by atoms with van der Waals surface area (Å²) in [6.07, 6.45) is 18.8. The molecule has 0 amide bonds. The summed E-state index contributed by atoms with van der Waals surface area (Å²) in [7, 11) is 0. The number of hydrogen-bond acceptors (Lipinski definition) is 3. The number of ether oxygens (including phenoxy) is 1. The Bertz CT molecular complexity index is 459. The van der Waals surface area contributed by atoms with Gasteiger partial charge in [0.1, 0.15) is 5.75 Å². The lowest BCUT2D eigenvalue weighted by Gasteiger charge is -2.06. The van der Waals surface area contributed by atoms with Crippen LogP contribution in [0, 0.1) is 10.1 Å². The van der Waals surface area contributed by atoms with Crippen LogP contribution in [0.1, 0.15) is 96.8 Å². The standard InChI is InChI=1S/C22H37NO3/c1-2-3-4-5-6-7-8-9-10-11-12-13-14-15-20-26-22-18-16-21(17-19-22)23(24)25/h16-19H,2-15,20H2,1H3. The minimum Gasteiger partial charge on any atom is -0.494 e. The number of non-ortho nitro benzene ring substituents is 1. The minimum atomic E-state index is -0.391. The zero-order valence-electron chi connectivity index (χ0n) is 16.6. The topological polar surface area (TPSA) is 52.4 Å². The average molecular weight is 364 g/mol. The van der Waals surface area contributed by atoms with Crippen molar-refractivity contribution in [2.24, 2.45) is 0 Å². The Morgan fingerprint density at radius 2 is 1.15 bits per heavy atom. The molecule has 0 aromatic heterocycles. The van der Waals surface area contributed by atoms with Crippen LogP contribution >= 0.6 is 0 Å². The highest BCUT2D eigenvalue weighted by atomic mass is 16.6. The molecule has 0 fully saturated rings. The van der Waals surface area contributed by atoms with E-state index < -0.39 is 4.92 Å². The van der Waals surface area contributed by atoms with E-state index in [4.69, 9.17) is 4.74 Å². The number of unbranched alkanes of at least 4 members (excludes halogenated alkanes) is 13. The molecular formula is C22H37NO3. The maximum atomic E-state index is 10.6. The molecule has 4 heteroatoms. The minimum absolute atomic E-state index is 0.105. The monoisotopic (exact) mass is 363 g/mol. The van der Waals surface area contributed by atoms with Crippen LogP contribution in [0.4, 0.5) is 5.69 Å². The summed E-state index contributed by atoms with van der Waals surface area (Å²) in [5.41, 5.74) is 0.105. The van der Waals surface area contributed by atoms with Gasteiger partial charge >= 0.3 is 0 Å². The highest BCUT2D eigenvalue weighted by Gasteiger charge is 2.04. The molecular weight excluding hydrogens is 326 g/mol. The van der Waals surface area contributed by atoms with Crippen molar-refractivity contribution in [3.63, 3.8) is 0 Å². The van der Waals surface area contributed by atoms with Crippen molar-refractivity contribution < 1.29 is 9.66 Å². The summed E-state index contributed by atoms with van der Waals surface area (Å²) in [5, 5.41) is 10.6. The number of nitro groups is 1. The first-order valence-corrected chi connectivity index (χ1v) is 10.6. The number of nitrogens with zero attached hydrogens (tertiary/aromatic N) is 1. The summed E-state index contributed by atoms with van der Waals surface area (Å²) < 4.78 is 5.63. The molecule has 0 aliphatic carbocycles. The van der Waals surface area contributed by atoms with Gasteiger partial charge in [-0.3, -0.25) is 10.1 Å². The zero-order chi connectivity index (χ0) is 18.9. The molecule has 4 nitrogen and oxygen atoms in total. The Morgan fingerprint density at radius 1 is 0.731 bits per heavy atom. The molecule has 1 aromatic carbocycles. The third-order valence-corrected chi connectivity index (χ3v) is 4.81. The maximum Gasteiger partial charge on any atom is 0.269 e. The fourth-order valence-electron chi connectivity index (χ4n) is 3.15. The van der Waals surface area contributed by atoms with Crippen LogP contribution < -0.4 is 4.74 Å². The lowest BCUT2D eigenvalue weighted by atomic mass is 10.0. The van der Waals surface area contributed by atoms with Crippen molar-refractivity contribution in [2.75, 3.05) is 6.61 Å². The normalized spacial score (nSPS) is 10.8. The van der Waals surface area contributed by atoms with E-state index in [2.05, 4.69) is 6.92 Å². The van der Waals surface area contributed by atoms with Crippen molar-refractivity contribution in [3.05, 3.63) is 34.4 Å². The van der Waals surface area contributed by atoms with Crippen molar-refractivity contribution in [1.29, 1.82) is 0 Å². The van der Waals surface area contributed by atoms with Gasteiger partial charge in [0.25, 0.3) is 5.69 Å². The highest BCUT2D eigenvalue weighted by molar-refractivity contribution is 5.35. The molecule has 148 valence electrons. The maximum absolute atomic E-state index is 10.6. The molecule has 0 unspecified atom stereocenters. The van der Waals surface area contributed by atoms with Gasteiger partial charge in [-0.05, 0) is 18.6 Å². The van der Waals surface area contributed by atoms with Crippen LogP contribution in [0.3, 0.4) is 0 Å². The zero-order valence-corrected chi connectivity index (χ0v) is 16.6. The average Bonchev–Trinajstić information content (AvgIpc) is 2.65. The molecule has 26 heavy (non-hydrogen) atoms. The molecule has 0 saturated heterocycles. The number of hydrogen-bond donors (Lipinski definition) is 0. The van der Waals surface area contributed by atoms with E-state index in [0.29, 0.717) is 12.4 Å². The number of nitro benzene ring substituents is 1. The van der Waals surface area contributed by atoms with Gasteiger partial charge in [-0.25, -0.2) is 0 Å². The predicted molar refractivity (Wildman–Crippen MR) is 109 cm³/mol. The van der Waals surface area contributed by atoms with Crippen molar-refractivity contribution in [3.8, 4) is 5.75 Å². The summed E-state index contributed by atoms with van der Waals surface area (Å²) in [5.74, 6) is 0.713. The number of benzene rings is 1. The Hall–Kier alpha value is -1.58. The first kappa shape index (κ1) is 22.5. The molecule has 0 saturated carbocycles. The van der Waals surface area contributed by atoms with Gasteiger partial charge in [-0.1, -0.05) is 90.4 Å². The van der Waals surface area contributed by atoms with E-state index in [1.807, 2.05) is 0 Å². The van der Waals surface area contributed by atoms with Gasteiger partial charge in [0.15, 0.2) is 0 Å². The van der Waals surface area contributed by atoms with E-state index in [1.54, 1.807) is 12.1 Å². The second-order valence-corrected chi connectivity index (χ2v) is 7.20. The lowest BCUT2D eigenvalue weighted by molar-refractivity contribution is -0.384. The summed E-state index contributed by atoms with van der Waals surface area (Å²) in [4.78, 5) is 10.2. The number of rotatable bonds is 17. The predicted octanol–water partition coefficient (Wildman–Crippen LogP) is 7.45. The Labute approximate surface area is 159 Å². The van der Waals surface area contributed by atoms with E-state index in [1.165, 1.54) is 95.6 Å². The summed E-state index contributed by atoms with van der Waals surface area (Å²) in [6.45, 7) is 2.96. The van der Waals surface area contributed by atoms with Crippen LogP contribution in [-0.2, 0) is 0 Å². The van der Waals surface area contributed by atoms with Gasteiger partial charge in [0.2, 0.25) is 0 Å². The van der Waals surface area contributed by atoms with Gasteiger partial charge in [0.05, 0.1) is 11.5 Å². The SMILES string of the molecule is CCCCCCCCCCCCCCCCOc1ccc([N+](=O)[O-])cc1. The first-order chi connectivity index (χ1) is 12.7. The van der Waals surface area contributed by atoms with Crippen LogP contribution in [0.2, 0.25) is 0 Å². The van der Waals surface area contributed by atoms with Crippen LogP contribution in [0.25, 0.3) is 0 Å². The van der Waals surface area contributed by atoms with Gasteiger partial charge < -0.3 is 4.74 Å². The quantitative estimate of drug-likeness (QED) is 0.164. The van der Waals surface area contributed by atoms with Gasteiger partial charge in [0, 0.05) is 12.1 Å². The van der Waals surface area contributed by atoms with E-state index >= 15 is 0 Å². The molecule has 0 aliphatic heterocycles. The smallest absolute Gasteiger partial charge is 0.269 e. The Kier molecular flexibility index (Phi) is 13.5. The second kappa shape index (κ2) is 15.7. The molecule has 0 radical (unpaired) electrons. The largest absolute Gasteiger partial charge is 0.494 e. The van der Waals surface area contributed by atoms with Crippen LogP contribution in [-0.4, -0.2) is 11.5 Å². The molecule has 1 rings (SSSR count). The van der Waals surface area contributed by atoms with E-state index in [-0.39, 0.29) is 5.69 Å². The van der Waals surface area contributed by atoms with Crippen LogP contribution in [0.5, 0.6) is 5.75 Å². The first-order valence-electron chi connectivity index (χ1n) is 10.6. The molecule has 0 atom stereocenters. The van der Waals surface area contributed by atoms with Crippen molar-refractivity contribution in [2.45, 2.75) is 96.8 Å². The summed E-state index contributed by atoms with van der Waals surface area (Å²) >= 11 is 0. The molecule has 0 bridgehead atoms. The van der Waals surface area contributed by atoms with Crippen molar-refractivity contribution in [1.82, 2.24) is 0 Å². The second-order valence-electron chi connectivity index (χ2n) is 7.20. The Balaban J connectivity index is 1.83. The Morgan fingerprint density at radius 3 is 1.58 bits per heavy atom. The lowest BCUT2D eigenvalue weighted by Crippen LogP contribution is -1.97. The highest BCUT2D eigenvalue weighted by Crippen LogP contribution is 2.18. The van der Waals surface area contributed by atoms with Gasteiger partial charge in [-0.2, -0.15) is 0 Å². The molecule has 0 heterocycles. The summed E-state index contributed by atoms with van der Waals surface area (Å²) in [6, 6.07) is 6.31. The van der Waals surface area contributed by atoms with E-state index in [9.17, 15) is 10.1 Å². The molecule has 1 aromatic rings. The van der Waals surface area contributed by atoms with E-state index in [0.717, 1.165) is 6.42 Å². The molecule has 0 aliphatic rings. The third kappa shape index (κ3) is 11.9. The fraction of sp³-hybridized carbons (Fsp3) is 0.727. The van der Waals surface area contributed by atoms with Gasteiger partial charge in [-0.15, -0.1) is 0 Å². The third-order valence-electron chi connectivity index (χ3n) is 4.81.